The van der Waals surface area contributed by atoms with E-state index in [2.05, 4.69) is 22.3 Å². The highest BCUT2D eigenvalue weighted by molar-refractivity contribution is 7.99. The number of rotatable bonds is 6. The van der Waals surface area contributed by atoms with Crippen molar-refractivity contribution in [2.75, 3.05) is 11.5 Å². The molecular formula is C13H19N5O2S. The van der Waals surface area contributed by atoms with Crippen LogP contribution in [-0.4, -0.2) is 47.4 Å². The number of aromatic carboxylic acids is 1. The summed E-state index contributed by atoms with van der Waals surface area (Å²) in [6.45, 7) is 6.50. The molecule has 0 saturated heterocycles. The highest BCUT2D eigenvalue weighted by atomic mass is 32.2. The van der Waals surface area contributed by atoms with Crippen molar-refractivity contribution in [3.8, 4) is 11.3 Å². The van der Waals surface area contributed by atoms with Crippen molar-refractivity contribution in [3.05, 3.63) is 17.1 Å². The molecule has 2 heterocycles. The monoisotopic (exact) mass is 309 g/mol. The first-order chi connectivity index (χ1) is 9.97. The van der Waals surface area contributed by atoms with Crippen LogP contribution in [-0.2, 0) is 13.6 Å². The Morgan fingerprint density at radius 2 is 2.10 bits per heavy atom. The molecule has 7 nitrogen and oxygen atoms in total. The summed E-state index contributed by atoms with van der Waals surface area (Å²) in [7, 11) is 1.84. The molecule has 0 aliphatic carbocycles. The number of carboxylic acids is 1. The normalized spacial score (nSPS) is 11.0. The van der Waals surface area contributed by atoms with Crippen LogP contribution in [0.2, 0.25) is 0 Å². The summed E-state index contributed by atoms with van der Waals surface area (Å²) in [5.74, 6) is 0.812. The number of nitrogens with zero attached hydrogens (tertiary/aromatic N) is 5. The van der Waals surface area contributed by atoms with E-state index >= 15 is 0 Å². The lowest BCUT2D eigenvalue weighted by molar-refractivity contribution is 0.0691. The molecule has 0 atom stereocenters. The van der Waals surface area contributed by atoms with E-state index in [1.54, 1.807) is 21.1 Å². The molecule has 0 aliphatic rings. The Morgan fingerprint density at radius 1 is 1.38 bits per heavy atom. The SMILES string of the molecule is CCSCCn1nnc(C(=O)O)c1-c1c(C)nn(C)c1C. The van der Waals surface area contributed by atoms with E-state index in [0.717, 1.165) is 28.5 Å². The number of thioether (sulfide) groups is 1. The van der Waals surface area contributed by atoms with Crippen molar-refractivity contribution in [3.63, 3.8) is 0 Å². The number of aromatic nitrogens is 5. The lowest BCUT2D eigenvalue weighted by Crippen LogP contribution is -2.08. The van der Waals surface area contributed by atoms with Gasteiger partial charge in [-0.05, 0) is 19.6 Å². The fraction of sp³-hybridized carbons (Fsp3) is 0.538. The lowest BCUT2D eigenvalue weighted by atomic mass is 10.1. The first-order valence-corrected chi connectivity index (χ1v) is 7.87. The molecule has 0 amide bonds. The summed E-state index contributed by atoms with van der Waals surface area (Å²) in [5.41, 5.74) is 3.02. The van der Waals surface area contributed by atoms with Crippen molar-refractivity contribution >= 4 is 17.7 Å². The Labute approximate surface area is 127 Å². The Balaban J connectivity index is 2.53. The second kappa shape index (κ2) is 6.30. The maximum absolute atomic E-state index is 11.4. The third-order valence-corrected chi connectivity index (χ3v) is 4.21. The fourth-order valence-corrected chi connectivity index (χ4v) is 2.86. The Morgan fingerprint density at radius 3 is 2.62 bits per heavy atom. The molecule has 0 spiro atoms. The predicted octanol–water partition coefficient (Wildman–Crippen LogP) is 1.75. The summed E-state index contributed by atoms with van der Waals surface area (Å²) in [6, 6.07) is 0. The molecule has 8 heteroatoms. The lowest BCUT2D eigenvalue weighted by Gasteiger charge is -2.07. The molecule has 21 heavy (non-hydrogen) atoms. The van der Waals surface area contributed by atoms with Crippen LogP contribution in [0.5, 0.6) is 0 Å². The molecule has 0 saturated carbocycles. The van der Waals surface area contributed by atoms with Gasteiger partial charge in [0.25, 0.3) is 0 Å². The largest absolute Gasteiger partial charge is 0.476 e. The number of aryl methyl sites for hydroxylation is 3. The van der Waals surface area contributed by atoms with Crippen LogP contribution in [0.4, 0.5) is 0 Å². The third-order valence-electron chi connectivity index (χ3n) is 3.34. The van der Waals surface area contributed by atoms with Crippen molar-refractivity contribution in [2.45, 2.75) is 27.3 Å². The fourth-order valence-electron chi connectivity index (χ4n) is 2.27. The molecule has 2 aromatic heterocycles. The molecule has 0 unspecified atom stereocenters. The van der Waals surface area contributed by atoms with Gasteiger partial charge in [0.1, 0.15) is 5.69 Å². The van der Waals surface area contributed by atoms with Crippen molar-refractivity contribution in [1.82, 2.24) is 24.8 Å². The summed E-state index contributed by atoms with van der Waals surface area (Å²) in [5, 5.41) is 21.5. The van der Waals surface area contributed by atoms with Gasteiger partial charge in [-0.15, -0.1) is 5.10 Å². The average Bonchev–Trinajstić information content (AvgIpc) is 2.92. The highest BCUT2D eigenvalue weighted by Crippen LogP contribution is 2.28. The first-order valence-electron chi connectivity index (χ1n) is 6.72. The predicted molar refractivity (Wildman–Crippen MR) is 81.7 cm³/mol. The number of hydrogen-bond donors (Lipinski definition) is 1. The molecule has 1 N–H and O–H groups in total. The molecule has 114 valence electrons. The third kappa shape index (κ3) is 2.94. The van der Waals surface area contributed by atoms with Crippen molar-refractivity contribution in [1.29, 1.82) is 0 Å². The standard InChI is InChI=1S/C13H19N5O2S/c1-5-21-7-6-18-12(11(13(19)20)14-16-18)10-8(2)15-17(4)9(10)3/h5-7H2,1-4H3,(H,19,20). The van der Waals surface area contributed by atoms with Gasteiger partial charge in [0.2, 0.25) is 0 Å². The van der Waals surface area contributed by atoms with Gasteiger partial charge in [-0.25, -0.2) is 9.48 Å². The van der Waals surface area contributed by atoms with Gasteiger partial charge in [0, 0.05) is 24.1 Å². The van der Waals surface area contributed by atoms with Crippen LogP contribution in [0.15, 0.2) is 0 Å². The van der Waals surface area contributed by atoms with Gasteiger partial charge < -0.3 is 5.11 Å². The van der Waals surface area contributed by atoms with Gasteiger partial charge in [0.05, 0.1) is 12.2 Å². The number of hydrogen-bond acceptors (Lipinski definition) is 5. The maximum atomic E-state index is 11.4. The molecule has 2 rings (SSSR count). The first kappa shape index (κ1) is 15.6. The number of carbonyl (C=O) groups is 1. The summed E-state index contributed by atoms with van der Waals surface area (Å²) in [6.07, 6.45) is 0. The molecule has 0 fully saturated rings. The second-order valence-electron chi connectivity index (χ2n) is 4.68. The topological polar surface area (TPSA) is 85.8 Å². The minimum Gasteiger partial charge on any atom is -0.476 e. The van der Waals surface area contributed by atoms with E-state index in [9.17, 15) is 9.90 Å². The summed E-state index contributed by atoms with van der Waals surface area (Å²) in [4.78, 5) is 11.4. The zero-order chi connectivity index (χ0) is 15.6. The van der Waals surface area contributed by atoms with Crippen LogP contribution < -0.4 is 0 Å². The minimum atomic E-state index is -1.07. The second-order valence-corrected chi connectivity index (χ2v) is 6.08. The van der Waals surface area contributed by atoms with Crippen LogP contribution in [0.1, 0.15) is 28.8 Å². The summed E-state index contributed by atoms with van der Waals surface area (Å²) < 4.78 is 3.41. The molecule has 0 bridgehead atoms. The Hall–Kier alpha value is -1.83. The molecule has 2 aromatic rings. The van der Waals surface area contributed by atoms with Gasteiger partial charge in [-0.1, -0.05) is 12.1 Å². The highest BCUT2D eigenvalue weighted by Gasteiger charge is 2.25. The molecule has 0 aliphatic heterocycles. The van der Waals surface area contributed by atoms with Gasteiger partial charge in [0.15, 0.2) is 5.69 Å². The van der Waals surface area contributed by atoms with Crippen LogP contribution in [0.3, 0.4) is 0 Å². The minimum absolute atomic E-state index is 0.0179. The number of carboxylic acid groups (broad SMARTS) is 1. The van der Waals surface area contributed by atoms with E-state index in [4.69, 9.17) is 0 Å². The van der Waals surface area contributed by atoms with Gasteiger partial charge >= 0.3 is 5.97 Å². The summed E-state index contributed by atoms with van der Waals surface area (Å²) >= 11 is 1.78. The van der Waals surface area contributed by atoms with E-state index in [-0.39, 0.29) is 5.69 Å². The van der Waals surface area contributed by atoms with E-state index in [1.165, 1.54) is 0 Å². The van der Waals surface area contributed by atoms with E-state index < -0.39 is 5.97 Å². The molecular weight excluding hydrogens is 290 g/mol. The molecule has 0 radical (unpaired) electrons. The van der Waals surface area contributed by atoms with Crippen LogP contribution >= 0.6 is 11.8 Å². The quantitative estimate of drug-likeness (QED) is 0.818. The van der Waals surface area contributed by atoms with Crippen LogP contribution in [0, 0.1) is 13.8 Å². The Kier molecular flexibility index (Phi) is 4.66. The van der Waals surface area contributed by atoms with E-state index in [0.29, 0.717) is 12.2 Å². The van der Waals surface area contributed by atoms with Gasteiger partial charge in [-0.2, -0.15) is 16.9 Å². The smallest absolute Gasteiger partial charge is 0.358 e. The zero-order valence-electron chi connectivity index (χ0n) is 12.6. The average molecular weight is 309 g/mol. The Bertz CT molecular complexity index is 662. The van der Waals surface area contributed by atoms with Gasteiger partial charge in [-0.3, -0.25) is 4.68 Å². The zero-order valence-corrected chi connectivity index (χ0v) is 13.4. The van der Waals surface area contributed by atoms with Crippen LogP contribution in [0.25, 0.3) is 11.3 Å². The van der Waals surface area contributed by atoms with Crippen molar-refractivity contribution < 1.29 is 9.90 Å². The van der Waals surface area contributed by atoms with Crippen molar-refractivity contribution in [2.24, 2.45) is 7.05 Å². The maximum Gasteiger partial charge on any atom is 0.358 e. The molecule has 0 aromatic carbocycles. The van der Waals surface area contributed by atoms with E-state index in [1.807, 2.05) is 20.9 Å².